The largest absolute Gasteiger partial charge is 0.383 e. The molecule has 1 aromatic carbocycles. The Bertz CT molecular complexity index is 931. The van der Waals surface area contributed by atoms with Crippen molar-refractivity contribution < 1.29 is 8.42 Å². The van der Waals surface area contributed by atoms with Crippen LogP contribution in [-0.4, -0.2) is 23.2 Å². The third kappa shape index (κ3) is 2.06. The molecule has 0 saturated heterocycles. The molecule has 108 valence electrons. The maximum Gasteiger partial charge on any atom is 0.210 e. The Hall–Kier alpha value is -2.41. The summed E-state index contributed by atoms with van der Waals surface area (Å²) in [5.41, 5.74) is 7.14. The highest BCUT2D eigenvalue weighted by Crippen LogP contribution is 2.28. The van der Waals surface area contributed by atoms with E-state index in [2.05, 4.69) is 10.1 Å². The molecule has 7 heteroatoms. The molecule has 3 aromatic rings. The normalized spacial score (nSPS) is 11.9. The lowest BCUT2D eigenvalue weighted by Gasteiger charge is -2.07. The zero-order chi connectivity index (χ0) is 15.2. The van der Waals surface area contributed by atoms with Crippen LogP contribution in [0.1, 0.15) is 5.69 Å². The maximum absolute atomic E-state index is 12.7. The molecule has 0 radical (unpaired) electrons. The van der Waals surface area contributed by atoms with Crippen LogP contribution in [0, 0.1) is 6.92 Å². The third-order valence-corrected chi connectivity index (χ3v) is 5.13. The molecule has 0 amide bonds. The van der Waals surface area contributed by atoms with E-state index in [-0.39, 0.29) is 15.6 Å². The van der Waals surface area contributed by atoms with Gasteiger partial charge in [-0.25, -0.2) is 13.4 Å². The summed E-state index contributed by atoms with van der Waals surface area (Å²) in [4.78, 5) is 4.39. The Morgan fingerprint density at radius 1 is 1.19 bits per heavy atom. The lowest BCUT2D eigenvalue weighted by Crippen LogP contribution is -2.07. The summed E-state index contributed by atoms with van der Waals surface area (Å²) in [5, 5.41) is 4.91. The highest BCUT2D eigenvalue weighted by atomic mass is 32.2. The minimum atomic E-state index is -3.69. The fourth-order valence-corrected chi connectivity index (χ4v) is 3.64. The highest BCUT2D eigenvalue weighted by Gasteiger charge is 2.23. The SMILES string of the molecule is Cc1nn(C)c2nc(N)c(S(=O)(=O)c3ccccc3)cc12. The van der Waals surface area contributed by atoms with Gasteiger partial charge in [0.05, 0.1) is 10.6 Å². The van der Waals surface area contributed by atoms with Gasteiger partial charge in [0.1, 0.15) is 10.7 Å². The van der Waals surface area contributed by atoms with E-state index in [0.717, 1.165) is 0 Å². The molecule has 2 heterocycles. The smallest absolute Gasteiger partial charge is 0.210 e. The van der Waals surface area contributed by atoms with E-state index in [1.54, 1.807) is 42.9 Å². The van der Waals surface area contributed by atoms with Gasteiger partial charge in [-0.2, -0.15) is 5.10 Å². The van der Waals surface area contributed by atoms with E-state index >= 15 is 0 Å². The van der Waals surface area contributed by atoms with Crippen molar-refractivity contribution in [1.29, 1.82) is 0 Å². The molecular weight excluding hydrogens is 288 g/mol. The fraction of sp³-hybridized carbons (Fsp3) is 0.143. The van der Waals surface area contributed by atoms with Crippen LogP contribution in [0.15, 0.2) is 46.2 Å². The van der Waals surface area contributed by atoms with Crippen LogP contribution in [0.2, 0.25) is 0 Å². The van der Waals surface area contributed by atoms with Gasteiger partial charge in [0.15, 0.2) is 5.65 Å². The monoisotopic (exact) mass is 302 g/mol. The second-order valence-corrected chi connectivity index (χ2v) is 6.69. The quantitative estimate of drug-likeness (QED) is 0.778. The number of nitrogen functional groups attached to an aromatic ring is 1. The van der Waals surface area contributed by atoms with E-state index in [1.165, 1.54) is 12.1 Å². The van der Waals surface area contributed by atoms with Gasteiger partial charge in [0.25, 0.3) is 0 Å². The molecule has 0 atom stereocenters. The number of hydrogen-bond donors (Lipinski definition) is 1. The number of rotatable bonds is 2. The van der Waals surface area contributed by atoms with Crippen LogP contribution in [0.4, 0.5) is 5.82 Å². The van der Waals surface area contributed by atoms with Gasteiger partial charge in [-0.15, -0.1) is 0 Å². The number of sulfone groups is 1. The molecule has 0 aliphatic heterocycles. The predicted octanol–water partition coefficient (Wildman–Crippen LogP) is 1.69. The van der Waals surface area contributed by atoms with Crippen LogP contribution in [0.25, 0.3) is 11.0 Å². The summed E-state index contributed by atoms with van der Waals surface area (Å²) in [7, 11) is -1.95. The minimum Gasteiger partial charge on any atom is -0.383 e. The summed E-state index contributed by atoms with van der Waals surface area (Å²) in [5.74, 6) is -0.0191. The molecule has 6 nitrogen and oxygen atoms in total. The van der Waals surface area contributed by atoms with E-state index in [4.69, 9.17) is 5.73 Å². The summed E-state index contributed by atoms with van der Waals surface area (Å²) in [6.45, 7) is 1.80. The zero-order valence-electron chi connectivity index (χ0n) is 11.6. The number of hydrogen-bond acceptors (Lipinski definition) is 5. The van der Waals surface area contributed by atoms with Crippen molar-refractivity contribution in [3.63, 3.8) is 0 Å². The predicted molar refractivity (Wildman–Crippen MR) is 79.6 cm³/mol. The van der Waals surface area contributed by atoms with Gasteiger partial charge in [-0.3, -0.25) is 4.68 Å². The number of fused-ring (bicyclic) bond motifs is 1. The summed E-state index contributed by atoms with van der Waals surface area (Å²) < 4.78 is 26.9. The number of aryl methyl sites for hydroxylation is 2. The molecule has 0 aliphatic carbocycles. The standard InChI is InChI=1S/C14H14N4O2S/c1-9-11-8-12(13(15)16-14(11)18(2)17-9)21(19,20)10-6-4-3-5-7-10/h3-8H,1-2H3,(H2,15,16). The van der Waals surface area contributed by atoms with E-state index in [0.29, 0.717) is 16.7 Å². The lowest BCUT2D eigenvalue weighted by atomic mass is 10.3. The van der Waals surface area contributed by atoms with Crippen molar-refractivity contribution in [3.05, 3.63) is 42.1 Å². The number of pyridine rings is 1. The van der Waals surface area contributed by atoms with Gasteiger partial charge >= 0.3 is 0 Å². The Morgan fingerprint density at radius 3 is 2.52 bits per heavy atom. The van der Waals surface area contributed by atoms with E-state index < -0.39 is 9.84 Å². The Kier molecular flexibility index (Phi) is 2.94. The molecule has 0 fully saturated rings. The van der Waals surface area contributed by atoms with Crippen molar-refractivity contribution in [2.45, 2.75) is 16.7 Å². The van der Waals surface area contributed by atoms with Crippen LogP contribution in [0.5, 0.6) is 0 Å². The number of anilines is 1. The van der Waals surface area contributed by atoms with Crippen LogP contribution < -0.4 is 5.73 Å². The molecule has 0 aliphatic rings. The van der Waals surface area contributed by atoms with Gasteiger partial charge in [0.2, 0.25) is 9.84 Å². The van der Waals surface area contributed by atoms with Gasteiger partial charge in [-0.1, -0.05) is 18.2 Å². The van der Waals surface area contributed by atoms with Crippen LogP contribution in [0.3, 0.4) is 0 Å². The van der Waals surface area contributed by atoms with Crippen molar-refractivity contribution in [3.8, 4) is 0 Å². The number of aromatic nitrogens is 3. The first-order valence-electron chi connectivity index (χ1n) is 6.31. The molecule has 21 heavy (non-hydrogen) atoms. The number of nitrogens with two attached hydrogens (primary N) is 1. The minimum absolute atomic E-state index is 0.0114. The number of benzene rings is 1. The summed E-state index contributed by atoms with van der Waals surface area (Å²) >= 11 is 0. The van der Waals surface area contributed by atoms with Crippen molar-refractivity contribution in [2.75, 3.05) is 5.73 Å². The molecule has 0 spiro atoms. The molecule has 2 aromatic heterocycles. The first-order chi connectivity index (χ1) is 9.91. The first kappa shape index (κ1) is 13.6. The Morgan fingerprint density at radius 2 is 1.86 bits per heavy atom. The third-order valence-electron chi connectivity index (χ3n) is 3.33. The second kappa shape index (κ2) is 4.56. The summed E-state index contributed by atoms with van der Waals surface area (Å²) in [6, 6.07) is 9.72. The van der Waals surface area contributed by atoms with E-state index in [1.807, 2.05) is 0 Å². The molecule has 3 rings (SSSR count). The molecular formula is C14H14N4O2S. The Labute approximate surface area is 122 Å². The number of nitrogens with zero attached hydrogens (tertiary/aromatic N) is 3. The van der Waals surface area contributed by atoms with Gasteiger partial charge in [-0.05, 0) is 25.1 Å². The first-order valence-corrected chi connectivity index (χ1v) is 7.79. The molecule has 0 unspecified atom stereocenters. The van der Waals surface area contributed by atoms with Crippen LogP contribution >= 0.6 is 0 Å². The van der Waals surface area contributed by atoms with Crippen molar-refractivity contribution >= 4 is 26.7 Å². The second-order valence-electron chi connectivity index (χ2n) is 4.77. The molecule has 0 saturated carbocycles. The summed E-state index contributed by atoms with van der Waals surface area (Å²) in [6.07, 6.45) is 0. The van der Waals surface area contributed by atoms with Crippen molar-refractivity contribution in [2.24, 2.45) is 7.05 Å². The zero-order valence-corrected chi connectivity index (χ0v) is 12.4. The van der Waals surface area contributed by atoms with Crippen LogP contribution in [-0.2, 0) is 16.9 Å². The van der Waals surface area contributed by atoms with Gasteiger partial charge < -0.3 is 5.73 Å². The van der Waals surface area contributed by atoms with Crippen molar-refractivity contribution in [1.82, 2.24) is 14.8 Å². The highest BCUT2D eigenvalue weighted by molar-refractivity contribution is 7.91. The fourth-order valence-electron chi connectivity index (χ4n) is 2.28. The molecule has 0 bridgehead atoms. The van der Waals surface area contributed by atoms with E-state index in [9.17, 15) is 8.42 Å². The average Bonchev–Trinajstić information content (AvgIpc) is 2.73. The van der Waals surface area contributed by atoms with Gasteiger partial charge in [0, 0.05) is 12.4 Å². The molecule has 2 N–H and O–H groups in total. The topological polar surface area (TPSA) is 90.9 Å². The maximum atomic E-state index is 12.7. The average molecular weight is 302 g/mol. The Balaban J connectivity index is 2.30. The lowest BCUT2D eigenvalue weighted by molar-refractivity contribution is 0.596.